The first-order valence-electron chi connectivity index (χ1n) is 6.57. The van der Waals surface area contributed by atoms with Gasteiger partial charge in [-0.2, -0.15) is 0 Å². The highest BCUT2D eigenvalue weighted by Gasteiger charge is 2.64. The molecule has 0 saturated heterocycles. The van der Waals surface area contributed by atoms with Crippen LogP contribution in [0.3, 0.4) is 0 Å². The van der Waals surface area contributed by atoms with Crippen LogP contribution in [0, 0.1) is 10.8 Å². The van der Waals surface area contributed by atoms with Crippen molar-refractivity contribution in [2.24, 2.45) is 10.8 Å². The van der Waals surface area contributed by atoms with Gasteiger partial charge in [0.25, 0.3) is 0 Å². The van der Waals surface area contributed by atoms with Crippen LogP contribution in [0.15, 0.2) is 18.3 Å². The quantitative estimate of drug-likeness (QED) is 0.847. The number of aromatic nitrogens is 1. The maximum Gasteiger partial charge on any atom is 0.339 e. The van der Waals surface area contributed by atoms with Crippen LogP contribution in [0.5, 0.6) is 0 Å². The van der Waals surface area contributed by atoms with Crippen LogP contribution >= 0.6 is 0 Å². The lowest BCUT2D eigenvalue weighted by atomic mass is 10.0. The summed E-state index contributed by atoms with van der Waals surface area (Å²) in [7, 11) is 1.37. The third kappa shape index (κ3) is 2.37. The Labute approximate surface area is 114 Å². The molecule has 4 heteroatoms. The van der Waals surface area contributed by atoms with Gasteiger partial charge < -0.3 is 10.1 Å². The molecule has 104 valence electrons. The molecule has 1 aromatic rings. The first-order chi connectivity index (χ1) is 8.80. The molecule has 0 unspecified atom stereocenters. The fourth-order valence-corrected chi connectivity index (χ4v) is 2.68. The standard InChI is InChI=1S/C15H22N2O2/c1-14(2)13(15(14,3)4)17-9-11-7-6-10(8-16-11)12(18)19-5/h6-8,13,17H,9H2,1-5H3. The highest BCUT2D eigenvalue weighted by molar-refractivity contribution is 5.88. The monoisotopic (exact) mass is 262 g/mol. The zero-order chi connectivity index (χ0) is 14.3. The van der Waals surface area contributed by atoms with Gasteiger partial charge in [0, 0.05) is 18.8 Å². The summed E-state index contributed by atoms with van der Waals surface area (Å²) >= 11 is 0. The maximum atomic E-state index is 11.3. The molecule has 1 N–H and O–H groups in total. The largest absolute Gasteiger partial charge is 0.465 e. The van der Waals surface area contributed by atoms with Crippen molar-refractivity contribution in [2.75, 3.05) is 7.11 Å². The van der Waals surface area contributed by atoms with Gasteiger partial charge >= 0.3 is 5.97 Å². The van der Waals surface area contributed by atoms with Gasteiger partial charge in [-0.3, -0.25) is 4.98 Å². The van der Waals surface area contributed by atoms with Crippen molar-refractivity contribution in [1.82, 2.24) is 10.3 Å². The highest BCUT2D eigenvalue weighted by atomic mass is 16.5. The maximum absolute atomic E-state index is 11.3. The first-order valence-corrected chi connectivity index (χ1v) is 6.57. The molecule has 0 atom stereocenters. The molecule has 4 nitrogen and oxygen atoms in total. The number of ether oxygens (including phenoxy) is 1. The molecular weight excluding hydrogens is 240 g/mol. The van der Waals surface area contributed by atoms with E-state index in [2.05, 4.69) is 42.7 Å². The smallest absolute Gasteiger partial charge is 0.339 e. The molecule has 1 aromatic heterocycles. The van der Waals surface area contributed by atoms with Crippen LogP contribution < -0.4 is 5.32 Å². The number of nitrogens with one attached hydrogen (secondary N) is 1. The minimum absolute atomic E-state index is 0.318. The van der Waals surface area contributed by atoms with Crippen LogP contribution in [-0.4, -0.2) is 24.1 Å². The van der Waals surface area contributed by atoms with E-state index < -0.39 is 0 Å². The Bertz CT molecular complexity index is 463. The second kappa shape index (κ2) is 4.60. The average Bonchev–Trinajstić information content (AvgIpc) is 2.77. The number of hydrogen-bond donors (Lipinski definition) is 1. The van der Waals surface area contributed by atoms with Gasteiger partial charge in [0.15, 0.2) is 0 Å². The van der Waals surface area contributed by atoms with Crippen LogP contribution in [0.1, 0.15) is 43.7 Å². The molecule has 19 heavy (non-hydrogen) atoms. The number of hydrogen-bond acceptors (Lipinski definition) is 4. The number of rotatable bonds is 4. The average molecular weight is 262 g/mol. The van der Waals surface area contributed by atoms with Crippen molar-refractivity contribution in [3.8, 4) is 0 Å². The van der Waals surface area contributed by atoms with Crippen molar-refractivity contribution >= 4 is 5.97 Å². The molecule has 1 fully saturated rings. The lowest BCUT2D eigenvalue weighted by molar-refractivity contribution is 0.0600. The molecule has 0 radical (unpaired) electrons. The summed E-state index contributed by atoms with van der Waals surface area (Å²) in [5.41, 5.74) is 2.06. The van der Waals surface area contributed by atoms with Crippen LogP contribution in [0.2, 0.25) is 0 Å². The molecule has 0 amide bonds. The van der Waals surface area contributed by atoms with Gasteiger partial charge in [-0.05, 0) is 23.0 Å². The van der Waals surface area contributed by atoms with E-state index in [-0.39, 0.29) is 5.97 Å². The van der Waals surface area contributed by atoms with Crippen molar-refractivity contribution < 1.29 is 9.53 Å². The number of carbonyl (C=O) groups is 1. The van der Waals surface area contributed by atoms with E-state index in [1.807, 2.05) is 6.07 Å². The highest BCUT2D eigenvalue weighted by Crippen LogP contribution is 2.62. The van der Waals surface area contributed by atoms with E-state index >= 15 is 0 Å². The fourth-order valence-electron chi connectivity index (χ4n) is 2.68. The minimum Gasteiger partial charge on any atom is -0.465 e. The first kappa shape index (κ1) is 14.0. The van der Waals surface area contributed by atoms with Gasteiger partial charge in [-0.25, -0.2) is 4.79 Å². The molecular formula is C15H22N2O2. The van der Waals surface area contributed by atoms with E-state index in [4.69, 9.17) is 0 Å². The number of pyridine rings is 1. The van der Waals surface area contributed by atoms with Crippen molar-refractivity contribution in [3.63, 3.8) is 0 Å². The van der Waals surface area contributed by atoms with Crippen LogP contribution in [-0.2, 0) is 11.3 Å². The minimum atomic E-state index is -0.350. The van der Waals surface area contributed by atoms with Gasteiger partial charge in [0.05, 0.1) is 18.4 Å². The predicted molar refractivity (Wildman–Crippen MR) is 73.8 cm³/mol. The molecule has 0 aromatic carbocycles. The Morgan fingerprint density at radius 1 is 1.32 bits per heavy atom. The van der Waals surface area contributed by atoms with Crippen molar-refractivity contribution in [2.45, 2.75) is 40.3 Å². The Balaban J connectivity index is 1.93. The lowest BCUT2D eigenvalue weighted by Crippen LogP contribution is -2.22. The lowest BCUT2D eigenvalue weighted by Gasteiger charge is -2.06. The van der Waals surface area contributed by atoms with E-state index in [0.717, 1.165) is 12.2 Å². The summed E-state index contributed by atoms with van der Waals surface area (Å²) in [4.78, 5) is 15.6. The third-order valence-electron chi connectivity index (χ3n) is 4.75. The van der Waals surface area contributed by atoms with Gasteiger partial charge in [-0.1, -0.05) is 27.7 Å². The molecule has 2 rings (SSSR count). The zero-order valence-corrected chi connectivity index (χ0v) is 12.3. The van der Waals surface area contributed by atoms with Crippen molar-refractivity contribution in [1.29, 1.82) is 0 Å². The van der Waals surface area contributed by atoms with E-state index in [1.165, 1.54) is 7.11 Å². The summed E-state index contributed by atoms with van der Waals surface area (Å²) in [6.45, 7) is 9.83. The molecule has 1 heterocycles. The van der Waals surface area contributed by atoms with Gasteiger partial charge in [-0.15, -0.1) is 0 Å². The molecule has 1 saturated carbocycles. The Morgan fingerprint density at radius 3 is 2.37 bits per heavy atom. The van der Waals surface area contributed by atoms with Crippen LogP contribution in [0.25, 0.3) is 0 Å². The normalized spacial score (nSPS) is 20.1. The number of methoxy groups -OCH3 is 1. The predicted octanol–water partition coefficient (Wildman–Crippen LogP) is 2.39. The van der Waals surface area contributed by atoms with Crippen molar-refractivity contribution in [3.05, 3.63) is 29.6 Å². The molecule has 1 aliphatic carbocycles. The Hall–Kier alpha value is -1.42. The van der Waals surface area contributed by atoms with Crippen LogP contribution in [0.4, 0.5) is 0 Å². The topological polar surface area (TPSA) is 51.2 Å². The summed E-state index contributed by atoms with van der Waals surface area (Å²) in [5.74, 6) is -0.350. The van der Waals surface area contributed by atoms with E-state index in [9.17, 15) is 4.79 Å². The third-order valence-corrected chi connectivity index (χ3v) is 4.75. The number of esters is 1. The SMILES string of the molecule is COC(=O)c1ccc(CNC2C(C)(C)C2(C)C)nc1. The summed E-state index contributed by atoms with van der Waals surface area (Å²) < 4.78 is 4.64. The molecule has 1 aliphatic rings. The Morgan fingerprint density at radius 2 is 1.95 bits per heavy atom. The molecule has 0 bridgehead atoms. The second-order valence-corrected chi connectivity index (χ2v) is 6.29. The molecule has 0 spiro atoms. The fraction of sp³-hybridized carbons (Fsp3) is 0.600. The molecule has 0 aliphatic heterocycles. The Kier molecular flexibility index (Phi) is 3.39. The van der Waals surface area contributed by atoms with E-state index in [1.54, 1.807) is 12.3 Å². The number of nitrogens with zero attached hydrogens (tertiary/aromatic N) is 1. The zero-order valence-electron chi connectivity index (χ0n) is 12.3. The summed E-state index contributed by atoms with van der Waals surface area (Å²) in [5, 5.41) is 3.54. The van der Waals surface area contributed by atoms with Gasteiger partial charge in [0.1, 0.15) is 0 Å². The summed E-state index contributed by atoms with van der Waals surface area (Å²) in [6, 6.07) is 4.11. The number of carbonyl (C=O) groups excluding carboxylic acids is 1. The summed E-state index contributed by atoms with van der Waals surface area (Å²) in [6.07, 6.45) is 1.56. The second-order valence-electron chi connectivity index (χ2n) is 6.29. The van der Waals surface area contributed by atoms with E-state index in [0.29, 0.717) is 22.4 Å². The van der Waals surface area contributed by atoms with Gasteiger partial charge in [0.2, 0.25) is 0 Å².